The highest BCUT2D eigenvalue weighted by molar-refractivity contribution is 5.92. The first-order chi connectivity index (χ1) is 7.99. The molecule has 1 aromatic carbocycles. The van der Waals surface area contributed by atoms with Crippen LogP contribution in [0.15, 0.2) is 24.3 Å². The topological polar surface area (TPSA) is 92.4 Å². The zero-order valence-corrected chi connectivity index (χ0v) is 9.64. The number of hydrogen-bond acceptors (Lipinski definition) is 3. The van der Waals surface area contributed by atoms with Gasteiger partial charge < -0.3 is 16.2 Å². The number of benzene rings is 1. The number of hydrogen-bond donors (Lipinski definition) is 3. The Hall–Kier alpha value is -1.88. The summed E-state index contributed by atoms with van der Waals surface area (Å²) in [5, 5.41) is 11.4. The smallest absolute Gasteiger partial charge is 0.307 e. The molecule has 0 saturated heterocycles. The molecule has 0 radical (unpaired) electrons. The summed E-state index contributed by atoms with van der Waals surface area (Å²) in [7, 11) is 0. The predicted molar refractivity (Wildman–Crippen MR) is 64.7 cm³/mol. The number of aliphatic carboxylic acids is 1. The van der Waals surface area contributed by atoms with Gasteiger partial charge >= 0.3 is 5.97 Å². The van der Waals surface area contributed by atoms with Gasteiger partial charge in [0.1, 0.15) is 0 Å². The summed E-state index contributed by atoms with van der Waals surface area (Å²) >= 11 is 0. The van der Waals surface area contributed by atoms with Crippen molar-refractivity contribution in [3.8, 4) is 0 Å². The zero-order valence-electron chi connectivity index (χ0n) is 9.64. The van der Waals surface area contributed by atoms with E-state index in [-0.39, 0.29) is 24.8 Å². The number of amides is 1. The Balaban J connectivity index is 2.76. The lowest BCUT2D eigenvalue weighted by Gasteiger charge is -2.10. The second kappa shape index (κ2) is 6.00. The Morgan fingerprint density at radius 3 is 2.65 bits per heavy atom. The van der Waals surface area contributed by atoms with Crippen LogP contribution in [0.25, 0.3) is 0 Å². The minimum Gasteiger partial charge on any atom is -0.481 e. The van der Waals surface area contributed by atoms with Crippen molar-refractivity contribution in [3.05, 3.63) is 29.8 Å². The fourth-order valence-corrected chi connectivity index (χ4v) is 1.45. The molecule has 1 amide bonds. The Kier molecular flexibility index (Phi) is 4.66. The quantitative estimate of drug-likeness (QED) is 0.710. The molecule has 0 aliphatic rings. The van der Waals surface area contributed by atoms with Crippen LogP contribution in [0.3, 0.4) is 0 Å². The summed E-state index contributed by atoms with van der Waals surface area (Å²) in [6, 6.07) is 6.61. The van der Waals surface area contributed by atoms with Crippen molar-refractivity contribution < 1.29 is 14.7 Å². The maximum atomic E-state index is 11.5. The first-order valence-electron chi connectivity index (χ1n) is 5.34. The van der Waals surface area contributed by atoms with Crippen molar-refractivity contribution in [2.45, 2.75) is 25.8 Å². The van der Waals surface area contributed by atoms with E-state index >= 15 is 0 Å². The van der Waals surface area contributed by atoms with E-state index < -0.39 is 5.97 Å². The van der Waals surface area contributed by atoms with E-state index in [1.54, 1.807) is 31.2 Å². The van der Waals surface area contributed by atoms with Gasteiger partial charge in [-0.05, 0) is 18.6 Å². The van der Waals surface area contributed by atoms with Gasteiger partial charge in [0.05, 0.1) is 6.42 Å². The van der Waals surface area contributed by atoms with E-state index in [0.717, 1.165) is 0 Å². The van der Waals surface area contributed by atoms with Crippen LogP contribution < -0.4 is 11.1 Å². The van der Waals surface area contributed by atoms with E-state index in [0.29, 0.717) is 11.3 Å². The molecule has 0 bridgehead atoms. The Labute approximate surface area is 99.6 Å². The summed E-state index contributed by atoms with van der Waals surface area (Å²) < 4.78 is 0. The Bertz CT molecular complexity index is 416. The first kappa shape index (κ1) is 13.2. The summed E-state index contributed by atoms with van der Waals surface area (Å²) in [6.45, 7) is 1.74. The third-order valence-corrected chi connectivity index (χ3v) is 2.14. The molecule has 0 aliphatic heterocycles. The predicted octanol–water partition coefficient (Wildman–Crippen LogP) is 0.989. The highest BCUT2D eigenvalue weighted by Gasteiger charge is 2.10. The van der Waals surface area contributed by atoms with Crippen molar-refractivity contribution in [1.29, 1.82) is 0 Å². The third kappa shape index (κ3) is 4.65. The van der Waals surface area contributed by atoms with Gasteiger partial charge in [-0.1, -0.05) is 18.2 Å². The van der Waals surface area contributed by atoms with E-state index in [2.05, 4.69) is 5.32 Å². The van der Waals surface area contributed by atoms with Gasteiger partial charge in [-0.25, -0.2) is 0 Å². The zero-order chi connectivity index (χ0) is 12.8. The standard InChI is InChI=1S/C12H16N2O3/c1-8(13)6-11(15)14-10-5-3-2-4-9(10)7-12(16)17/h2-5,8H,6-7,13H2,1H3,(H,14,15)(H,16,17). The lowest BCUT2D eigenvalue weighted by molar-refractivity contribution is -0.136. The van der Waals surface area contributed by atoms with E-state index in [1.165, 1.54) is 0 Å². The van der Waals surface area contributed by atoms with Crippen LogP contribution in [-0.2, 0) is 16.0 Å². The molecule has 0 saturated carbocycles. The second-order valence-electron chi connectivity index (χ2n) is 3.96. The number of nitrogens with two attached hydrogens (primary N) is 1. The van der Waals surface area contributed by atoms with Gasteiger partial charge in [0.15, 0.2) is 0 Å². The molecule has 1 aromatic rings. The summed E-state index contributed by atoms with van der Waals surface area (Å²) in [5.41, 5.74) is 6.62. The molecule has 1 rings (SSSR count). The largest absolute Gasteiger partial charge is 0.481 e. The minimum absolute atomic E-state index is 0.116. The second-order valence-corrected chi connectivity index (χ2v) is 3.96. The lowest BCUT2D eigenvalue weighted by atomic mass is 10.1. The minimum atomic E-state index is -0.932. The van der Waals surface area contributed by atoms with Crippen LogP contribution in [0.5, 0.6) is 0 Å². The number of para-hydroxylation sites is 1. The van der Waals surface area contributed by atoms with Gasteiger partial charge in [0.2, 0.25) is 5.91 Å². The highest BCUT2D eigenvalue weighted by atomic mass is 16.4. The van der Waals surface area contributed by atoms with Crippen LogP contribution in [0, 0.1) is 0 Å². The van der Waals surface area contributed by atoms with Gasteiger partial charge in [0.25, 0.3) is 0 Å². The summed E-state index contributed by atoms with van der Waals surface area (Å²) in [6.07, 6.45) is 0.0933. The Morgan fingerprint density at radius 1 is 1.41 bits per heavy atom. The molecule has 4 N–H and O–H groups in total. The average Bonchev–Trinajstić information content (AvgIpc) is 2.18. The van der Waals surface area contributed by atoms with Crippen LogP contribution in [0.2, 0.25) is 0 Å². The molecule has 0 heterocycles. The van der Waals surface area contributed by atoms with Gasteiger partial charge in [0, 0.05) is 18.2 Å². The van der Waals surface area contributed by atoms with Crippen LogP contribution >= 0.6 is 0 Å². The first-order valence-corrected chi connectivity index (χ1v) is 5.34. The monoisotopic (exact) mass is 236 g/mol. The molecule has 92 valence electrons. The number of nitrogens with one attached hydrogen (secondary N) is 1. The molecule has 1 unspecified atom stereocenters. The average molecular weight is 236 g/mol. The lowest BCUT2D eigenvalue weighted by Crippen LogP contribution is -2.24. The van der Waals surface area contributed by atoms with Crippen molar-refractivity contribution in [1.82, 2.24) is 0 Å². The van der Waals surface area contributed by atoms with Gasteiger partial charge in [-0.15, -0.1) is 0 Å². The van der Waals surface area contributed by atoms with Crippen LogP contribution in [-0.4, -0.2) is 23.0 Å². The molecule has 5 nitrogen and oxygen atoms in total. The van der Waals surface area contributed by atoms with E-state index in [4.69, 9.17) is 10.8 Å². The van der Waals surface area contributed by atoms with E-state index in [1.807, 2.05) is 0 Å². The maximum Gasteiger partial charge on any atom is 0.307 e. The molecular weight excluding hydrogens is 220 g/mol. The van der Waals surface area contributed by atoms with Crippen LogP contribution in [0.4, 0.5) is 5.69 Å². The van der Waals surface area contributed by atoms with Gasteiger partial charge in [-0.2, -0.15) is 0 Å². The van der Waals surface area contributed by atoms with Crippen molar-refractivity contribution in [3.63, 3.8) is 0 Å². The highest BCUT2D eigenvalue weighted by Crippen LogP contribution is 2.16. The number of carbonyl (C=O) groups excluding carboxylic acids is 1. The summed E-state index contributed by atoms with van der Waals surface area (Å²) in [4.78, 5) is 22.2. The Morgan fingerprint density at radius 2 is 2.06 bits per heavy atom. The van der Waals surface area contributed by atoms with Gasteiger partial charge in [-0.3, -0.25) is 9.59 Å². The molecule has 1 atom stereocenters. The number of anilines is 1. The number of rotatable bonds is 5. The SMILES string of the molecule is CC(N)CC(=O)Nc1ccccc1CC(=O)O. The molecule has 0 aliphatic carbocycles. The molecule has 0 fully saturated rings. The van der Waals surface area contributed by atoms with Crippen molar-refractivity contribution >= 4 is 17.6 Å². The maximum absolute atomic E-state index is 11.5. The third-order valence-electron chi connectivity index (χ3n) is 2.14. The fraction of sp³-hybridized carbons (Fsp3) is 0.333. The number of carboxylic acid groups (broad SMARTS) is 1. The number of carboxylic acids is 1. The molecule has 17 heavy (non-hydrogen) atoms. The molecule has 5 heteroatoms. The normalized spacial score (nSPS) is 11.9. The van der Waals surface area contributed by atoms with Crippen LogP contribution in [0.1, 0.15) is 18.9 Å². The summed E-state index contributed by atoms with van der Waals surface area (Å²) in [5.74, 6) is -1.14. The number of carbonyl (C=O) groups is 2. The fourth-order valence-electron chi connectivity index (χ4n) is 1.45. The molecular formula is C12H16N2O3. The van der Waals surface area contributed by atoms with E-state index in [9.17, 15) is 9.59 Å². The molecule has 0 aromatic heterocycles. The molecule has 0 spiro atoms. The van der Waals surface area contributed by atoms with Crippen molar-refractivity contribution in [2.24, 2.45) is 5.73 Å². The van der Waals surface area contributed by atoms with Crippen molar-refractivity contribution in [2.75, 3.05) is 5.32 Å².